The number of carbonyl (C=O) groups excluding carboxylic acids is 1. The Morgan fingerprint density at radius 1 is 1.62 bits per heavy atom. The van der Waals surface area contributed by atoms with Crippen LogP contribution in [0.15, 0.2) is 11.6 Å². The van der Waals surface area contributed by atoms with Gasteiger partial charge in [-0.15, -0.1) is 0 Å². The summed E-state index contributed by atoms with van der Waals surface area (Å²) in [6.45, 7) is 11.0. The van der Waals surface area contributed by atoms with Crippen LogP contribution in [0.3, 0.4) is 0 Å². The smallest absolute Gasteiger partial charge is 0.309 e. The monoisotopic (exact) mass is 224 g/mol. The van der Waals surface area contributed by atoms with E-state index in [1.54, 1.807) is 0 Å². The van der Waals surface area contributed by atoms with Crippen LogP contribution in [0.25, 0.3) is 0 Å². The summed E-state index contributed by atoms with van der Waals surface area (Å²) in [6, 6.07) is 0. The van der Waals surface area contributed by atoms with Gasteiger partial charge in [-0.05, 0) is 38.0 Å². The van der Waals surface area contributed by atoms with Gasteiger partial charge in [-0.3, -0.25) is 4.79 Å². The van der Waals surface area contributed by atoms with E-state index < -0.39 is 0 Å². The number of allylic oxidation sites excluding steroid dienone is 2. The summed E-state index contributed by atoms with van der Waals surface area (Å²) in [6.07, 6.45) is 4.47. The predicted octanol–water partition coefficient (Wildman–Crippen LogP) is 3.57. The van der Waals surface area contributed by atoms with Crippen molar-refractivity contribution in [1.82, 2.24) is 0 Å². The number of hydrogen-bond acceptors (Lipinski definition) is 2. The molecule has 0 amide bonds. The third kappa shape index (κ3) is 3.36. The molecule has 0 saturated carbocycles. The lowest BCUT2D eigenvalue weighted by Gasteiger charge is -2.35. The topological polar surface area (TPSA) is 26.3 Å². The minimum Gasteiger partial charge on any atom is -0.466 e. The van der Waals surface area contributed by atoms with Gasteiger partial charge in [0.1, 0.15) is 0 Å². The first-order valence-corrected chi connectivity index (χ1v) is 6.19. The van der Waals surface area contributed by atoms with Gasteiger partial charge in [-0.25, -0.2) is 0 Å². The Labute approximate surface area is 99.1 Å². The number of ether oxygens (including phenoxy) is 1. The molecule has 92 valence electrons. The summed E-state index contributed by atoms with van der Waals surface area (Å²) in [7, 11) is 0. The third-order valence-corrected chi connectivity index (χ3v) is 3.34. The molecule has 0 spiro atoms. The van der Waals surface area contributed by atoms with Gasteiger partial charge in [0.2, 0.25) is 0 Å². The fourth-order valence-electron chi connectivity index (χ4n) is 2.72. The van der Waals surface area contributed by atoms with E-state index in [0.29, 0.717) is 17.9 Å². The molecule has 1 rings (SSSR count). The van der Waals surface area contributed by atoms with Crippen molar-refractivity contribution in [2.24, 2.45) is 17.3 Å². The van der Waals surface area contributed by atoms with Crippen LogP contribution in [-0.4, -0.2) is 12.6 Å². The van der Waals surface area contributed by atoms with Gasteiger partial charge in [0, 0.05) is 0 Å². The van der Waals surface area contributed by atoms with Crippen LogP contribution in [0.2, 0.25) is 0 Å². The average Bonchev–Trinajstić information content (AvgIpc) is 2.13. The molecule has 0 N–H and O–H groups in total. The van der Waals surface area contributed by atoms with Crippen LogP contribution < -0.4 is 0 Å². The van der Waals surface area contributed by atoms with Crippen LogP contribution in [0.1, 0.15) is 47.5 Å². The molecule has 2 heteroatoms. The van der Waals surface area contributed by atoms with Gasteiger partial charge < -0.3 is 4.74 Å². The fourth-order valence-corrected chi connectivity index (χ4v) is 2.72. The highest BCUT2D eigenvalue weighted by Gasteiger charge is 2.33. The van der Waals surface area contributed by atoms with Gasteiger partial charge >= 0.3 is 5.97 Å². The number of rotatable bonds is 3. The van der Waals surface area contributed by atoms with Crippen LogP contribution >= 0.6 is 0 Å². The first-order valence-electron chi connectivity index (χ1n) is 6.19. The molecule has 0 radical (unpaired) electrons. The Balaban J connectivity index is 2.73. The van der Waals surface area contributed by atoms with Gasteiger partial charge in [0.05, 0.1) is 12.5 Å². The Hall–Kier alpha value is -0.790. The molecule has 0 bridgehead atoms. The summed E-state index contributed by atoms with van der Waals surface area (Å²) in [5, 5.41) is 0. The zero-order valence-corrected chi connectivity index (χ0v) is 11.2. The normalized spacial score (nSPS) is 25.8. The summed E-state index contributed by atoms with van der Waals surface area (Å²) in [5.41, 5.74) is 1.71. The minimum absolute atomic E-state index is 0.0190. The Morgan fingerprint density at radius 2 is 2.25 bits per heavy atom. The maximum Gasteiger partial charge on any atom is 0.309 e. The third-order valence-electron chi connectivity index (χ3n) is 3.34. The highest BCUT2D eigenvalue weighted by Crippen LogP contribution is 2.40. The molecule has 1 aliphatic rings. The molecule has 2 atom stereocenters. The van der Waals surface area contributed by atoms with Crippen molar-refractivity contribution in [3.8, 4) is 0 Å². The van der Waals surface area contributed by atoms with Crippen molar-refractivity contribution >= 4 is 5.97 Å². The summed E-state index contributed by atoms with van der Waals surface area (Å²) in [5.74, 6) is 0.256. The highest BCUT2D eigenvalue weighted by atomic mass is 16.5. The van der Waals surface area contributed by atoms with E-state index in [-0.39, 0.29) is 11.9 Å². The maximum atomic E-state index is 11.7. The molecule has 16 heavy (non-hydrogen) atoms. The van der Waals surface area contributed by atoms with Crippen LogP contribution in [-0.2, 0) is 9.53 Å². The Kier molecular flexibility index (Phi) is 4.17. The van der Waals surface area contributed by atoms with Gasteiger partial charge in [-0.1, -0.05) is 32.4 Å². The molecular formula is C14H24O2. The van der Waals surface area contributed by atoms with Crippen LogP contribution in [0.5, 0.6) is 0 Å². The fraction of sp³-hybridized carbons (Fsp3) is 0.786. The number of carbonyl (C=O) groups is 1. The highest BCUT2D eigenvalue weighted by molar-refractivity contribution is 5.72. The first kappa shape index (κ1) is 13.3. The molecular weight excluding hydrogens is 200 g/mol. The second-order valence-corrected chi connectivity index (χ2v) is 5.76. The molecule has 2 unspecified atom stereocenters. The van der Waals surface area contributed by atoms with E-state index in [2.05, 4.69) is 26.8 Å². The molecule has 0 fully saturated rings. The lowest BCUT2D eigenvalue weighted by Crippen LogP contribution is -2.29. The Bertz CT molecular complexity index is 289. The molecule has 2 nitrogen and oxygen atoms in total. The van der Waals surface area contributed by atoms with Crippen LogP contribution in [0.4, 0.5) is 0 Å². The van der Waals surface area contributed by atoms with E-state index in [1.165, 1.54) is 5.57 Å². The minimum atomic E-state index is -0.0609. The average molecular weight is 224 g/mol. The SMILES string of the molecule is CCOC(=O)C(C)C1C=C(C)CC(C)(C)C1. The summed E-state index contributed by atoms with van der Waals surface area (Å²) < 4.78 is 5.09. The van der Waals surface area contributed by atoms with Gasteiger partial charge in [0.25, 0.3) is 0 Å². The lowest BCUT2D eigenvalue weighted by atomic mass is 9.70. The predicted molar refractivity (Wildman–Crippen MR) is 66.1 cm³/mol. The van der Waals surface area contributed by atoms with Crippen molar-refractivity contribution in [3.05, 3.63) is 11.6 Å². The van der Waals surface area contributed by atoms with E-state index in [9.17, 15) is 4.79 Å². The molecule has 0 aromatic carbocycles. The van der Waals surface area contributed by atoms with Crippen LogP contribution in [0, 0.1) is 17.3 Å². The molecule has 0 aromatic rings. The van der Waals surface area contributed by atoms with E-state index >= 15 is 0 Å². The second-order valence-electron chi connectivity index (χ2n) is 5.76. The van der Waals surface area contributed by atoms with Gasteiger partial charge in [0.15, 0.2) is 0 Å². The van der Waals surface area contributed by atoms with Crippen molar-refractivity contribution in [1.29, 1.82) is 0 Å². The van der Waals surface area contributed by atoms with Crippen molar-refractivity contribution in [2.45, 2.75) is 47.5 Å². The second kappa shape index (κ2) is 5.03. The molecule has 0 aliphatic heterocycles. The standard InChI is InChI=1S/C14H24O2/c1-6-16-13(15)11(3)12-7-10(2)8-14(4,5)9-12/h7,11-12H,6,8-9H2,1-5H3. The first-order chi connectivity index (χ1) is 7.35. The maximum absolute atomic E-state index is 11.7. The largest absolute Gasteiger partial charge is 0.466 e. The quantitative estimate of drug-likeness (QED) is 0.541. The van der Waals surface area contributed by atoms with E-state index in [1.807, 2.05) is 13.8 Å². The van der Waals surface area contributed by atoms with E-state index in [4.69, 9.17) is 4.74 Å². The van der Waals surface area contributed by atoms with Crippen molar-refractivity contribution in [3.63, 3.8) is 0 Å². The Morgan fingerprint density at radius 3 is 2.75 bits per heavy atom. The molecule has 1 aliphatic carbocycles. The summed E-state index contributed by atoms with van der Waals surface area (Å²) in [4.78, 5) is 11.7. The lowest BCUT2D eigenvalue weighted by molar-refractivity contribution is -0.149. The van der Waals surface area contributed by atoms with E-state index in [0.717, 1.165) is 12.8 Å². The number of esters is 1. The molecule has 0 aromatic heterocycles. The van der Waals surface area contributed by atoms with Gasteiger partial charge in [-0.2, -0.15) is 0 Å². The number of hydrogen-bond donors (Lipinski definition) is 0. The zero-order chi connectivity index (χ0) is 12.3. The molecule has 0 heterocycles. The zero-order valence-electron chi connectivity index (χ0n) is 11.2. The molecule has 0 saturated heterocycles. The van der Waals surface area contributed by atoms with Crippen molar-refractivity contribution in [2.75, 3.05) is 6.61 Å². The summed E-state index contributed by atoms with van der Waals surface area (Å²) >= 11 is 0. The van der Waals surface area contributed by atoms with Crippen molar-refractivity contribution < 1.29 is 9.53 Å².